The number of halogens is 1. The second-order valence-electron chi connectivity index (χ2n) is 4.34. The van der Waals surface area contributed by atoms with Crippen LogP contribution in [0.3, 0.4) is 0 Å². The predicted octanol–water partition coefficient (Wildman–Crippen LogP) is 3.59. The van der Waals surface area contributed by atoms with Crippen molar-refractivity contribution in [3.05, 3.63) is 29.0 Å². The highest BCUT2D eigenvalue weighted by Gasteiger charge is 2.06. The lowest BCUT2D eigenvalue weighted by Crippen LogP contribution is -2.12. The molecular formula is C13H15ClN4OS2. The number of carbonyl (C=O) groups is 1. The van der Waals surface area contributed by atoms with E-state index in [2.05, 4.69) is 14.7 Å². The van der Waals surface area contributed by atoms with E-state index < -0.39 is 0 Å². The van der Waals surface area contributed by atoms with E-state index in [1.807, 2.05) is 6.92 Å². The standard InChI is InChI=1S/C13H15ClN4OS2/c1-8-16-13(21-18-8)20-6-2-3-12(19)17-11-5-4-9(14)7-10(11)15/h4-5,7H,2-3,6,15H2,1H3,(H,17,19). The summed E-state index contributed by atoms with van der Waals surface area (Å²) in [5.74, 6) is 1.56. The first-order valence-corrected chi connectivity index (χ1v) is 8.46. The molecule has 5 nitrogen and oxygen atoms in total. The van der Waals surface area contributed by atoms with Crippen LogP contribution in [0.15, 0.2) is 22.5 Å². The maximum absolute atomic E-state index is 11.8. The molecule has 1 aromatic carbocycles. The molecule has 0 aliphatic rings. The summed E-state index contributed by atoms with van der Waals surface area (Å²) in [5, 5.41) is 3.33. The number of hydrogen-bond acceptors (Lipinski definition) is 6. The van der Waals surface area contributed by atoms with E-state index in [0.717, 1.165) is 22.3 Å². The molecule has 0 unspecified atom stereocenters. The molecule has 2 aromatic rings. The minimum atomic E-state index is -0.0573. The van der Waals surface area contributed by atoms with Gasteiger partial charge in [-0.3, -0.25) is 4.79 Å². The van der Waals surface area contributed by atoms with Gasteiger partial charge in [-0.05, 0) is 43.1 Å². The summed E-state index contributed by atoms with van der Waals surface area (Å²) < 4.78 is 5.05. The maximum Gasteiger partial charge on any atom is 0.224 e. The lowest BCUT2D eigenvalue weighted by Gasteiger charge is -2.08. The van der Waals surface area contributed by atoms with Crippen molar-refractivity contribution in [1.82, 2.24) is 9.36 Å². The Balaban J connectivity index is 1.72. The van der Waals surface area contributed by atoms with Crippen LogP contribution in [0.25, 0.3) is 0 Å². The Hall–Kier alpha value is -1.31. The third-order valence-corrected chi connectivity index (χ3v) is 4.82. The molecule has 1 heterocycles. The van der Waals surface area contributed by atoms with Gasteiger partial charge in [0, 0.05) is 17.2 Å². The molecule has 0 saturated heterocycles. The van der Waals surface area contributed by atoms with Gasteiger partial charge in [0.15, 0.2) is 4.34 Å². The molecule has 2 rings (SSSR count). The number of nitrogens with one attached hydrogen (secondary N) is 1. The van der Waals surface area contributed by atoms with E-state index in [1.54, 1.807) is 30.0 Å². The average Bonchev–Trinajstić information content (AvgIpc) is 2.84. The van der Waals surface area contributed by atoms with E-state index in [-0.39, 0.29) is 5.91 Å². The summed E-state index contributed by atoms with van der Waals surface area (Å²) in [5.41, 5.74) is 6.85. The van der Waals surface area contributed by atoms with Crippen molar-refractivity contribution in [2.45, 2.75) is 24.1 Å². The van der Waals surface area contributed by atoms with Crippen LogP contribution in [0.1, 0.15) is 18.7 Å². The number of carbonyl (C=O) groups excluding carboxylic acids is 1. The monoisotopic (exact) mass is 342 g/mol. The first kappa shape index (κ1) is 16.1. The molecule has 0 bridgehead atoms. The van der Waals surface area contributed by atoms with Crippen LogP contribution < -0.4 is 11.1 Å². The van der Waals surface area contributed by atoms with Crippen LogP contribution in [0.4, 0.5) is 11.4 Å². The van der Waals surface area contributed by atoms with Crippen LogP contribution in [0.2, 0.25) is 5.02 Å². The number of aromatic nitrogens is 2. The fourth-order valence-corrected chi connectivity index (χ4v) is 3.43. The van der Waals surface area contributed by atoms with E-state index in [9.17, 15) is 4.79 Å². The number of hydrogen-bond donors (Lipinski definition) is 2. The highest BCUT2D eigenvalue weighted by molar-refractivity contribution is 8.00. The van der Waals surface area contributed by atoms with Crippen LogP contribution >= 0.6 is 34.9 Å². The lowest BCUT2D eigenvalue weighted by atomic mass is 10.2. The molecular weight excluding hydrogens is 328 g/mol. The number of nitrogen functional groups attached to an aromatic ring is 1. The van der Waals surface area contributed by atoms with E-state index in [0.29, 0.717) is 22.8 Å². The highest BCUT2D eigenvalue weighted by Crippen LogP contribution is 2.23. The molecule has 21 heavy (non-hydrogen) atoms. The summed E-state index contributed by atoms with van der Waals surface area (Å²) in [6.45, 7) is 1.87. The molecule has 1 aromatic heterocycles. The number of anilines is 2. The van der Waals surface area contributed by atoms with Crippen molar-refractivity contribution >= 4 is 52.2 Å². The molecule has 0 aliphatic heterocycles. The molecule has 0 fully saturated rings. The largest absolute Gasteiger partial charge is 0.397 e. The molecule has 8 heteroatoms. The zero-order valence-corrected chi connectivity index (χ0v) is 13.8. The minimum absolute atomic E-state index is 0.0573. The Labute approximate surface area is 136 Å². The van der Waals surface area contributed by atoms with Gasteiger partial charge in [0.05, 0.1) is 11.4 Å². The number of rotatable bonds is 6. The Morgan fingerprint density at radius 2 is 2.33 bits per heavy atom. The Morgan fingerprint density at radius 1 is 1.52 bits per heavy atom. The first-order chi connectivity index (χ1) is 10.0. The number of thioether (sulfide) groups is 1. The summed E-state index contributed by atoms with van der Waals surface area (Å²) in [6.07, 6.45) is 1.20. The number of nitrogens with zero attached hydrogens (tertiary/aromatic N) is 2. The van der Waals surface area contributed by atoms with Crippen LogP contribution in [-0.4, -0.2) is 21.0 Å². The van der Waals surface area contributed by atoms with Gasteiger partial charge in [-0.25, -0.2) is 4.98 Å². The maximum atomic E-state index is 11.8. The first-order valence-electron chi connectivity index (χ1n) is 6.32. The van der Waals surface area contributed by atoms with Crippen LogP contribution in [-0.2, 0) is 4.79 Å². The van der Waals surface area contributed by atoms with Crippen molar-refractivity contribution in [2.75, 3.05) is 16.8 Å². The third kappa shape index (κ3) is 5.18. The fourth-order valence-electron chi connectivity index (χ4n) is 1.59. The van der Waals surface area contributed by atoms with Crippen molar-refractivity contribution < 1.29 is 4.79 Å². The minimum Gasteiger partial charge on any atom is -0.397 e. The Kier molecular flexibility index (Phi) is 5.84. The van der Waals surface area contributed by atoms with Gasteiger partial charge in [-0.15, -0.1) is 0 Å². The number of aryl methyl sites for hydroxylation is 1. The van der Waals surface area contributed by atoms with Crippen molar-refractivity contribution in [3.63, 3.8) is 0 Å². The fraction of sp³-hybridized carbons (Fsp3) is 0.308. The van der Waals surface area contributed by atoms with Gasteiger partial charge in [0.1, 0.15) is 5.82 Å². The van der Waals surface area contributed by atoms with Crippen molar-refractivity contribution in [2.24, 2.45) is 0 Å². The van der Waals surface area contributed by atoms with Gasteiger partial charge in [-0.1, -0.05) is 23.4 Å². The zero-order chi connectivity index (χ0) is 15.2. The normalized spacial score (nSPS) is 10.6. The van der Waals surface area contributed by atoms with Gasteiger partial charge in [0.25, 0.3) is 0 Å². The van der Waals surface area contributed by atoms with Crippen LogP contribution in [0, 0.1) is 6.92 Å². The molecule has 0 radical (unpaired) electrons. The Morgan fingerprint density at radius 3 is 3.00 bits per heavy atom. The SMILES string of the molecule is Cc1nsc(SCCCC(=O)Nc2ccc(Cl)cc2N)n1. The molecule has 112 valence electrons. The second-order valence-corrected chi connectivity index (χ2v) is 6.87. The van der Waals surface area contributed by atoms with Gasteiger partial charge >= 0.3 is 0 Å². The summed E-state index contributed by atoms with van der Waals surface area (Å²) in [4.78, 5) is 16.1. The molecule has 1 amide bonds. The average molecular weight is 343 g/mol. The molecule has 0 saturated carbocycles. The molecule has 3 N–H and O–H groups in total. The zero-order valence-electron chi connectivity index (χ0n) is 11.4. The number of amides is 1. The van der Waals surface area contributed by atoms with Gasteiger partial charge < -0.3 is 11.1 Å². The summed E-state index contributed by atoms with van der Waals surface area (Å²) in [6, 6.07) is 5.01. The lowest BCUT2D eigenvalue weighted by molar-refractivity contribution is -0.116. The topological polar surface area (TPSA) is 80.9 Å². The number of nitrogens with two attached hydrogens (primary N) is 1. The summed E-state index contributed by atoms with van der Waals surface area (Å²) in [7, 11) is 0. The second kappa shape index (κ2) is 7.63. The van der Waals surface area contributed by atoms with Crippen LogP contribution in [0.5, 0.6) is 0 Å². The quantitative estimate of drug-likeness (QED) is 0.476. The van der Waals surface area contributed by atoms with E-state index >= 15 is 0 Å². The van der Waals surface area contributed by atoms with Gasteiger partial charge in [0.2, 0.25) is 5.91 Å². The highest BCUT2D eigenvalue weighted by atomic mass is 35.5. The number of benzene rings is 1. The van der Waals surface area contributed by atoms with E-state index in [1.165, 1.54) is 11.5 Å². The van der Waals surface area contributed by atoms with Gasteiger partial charge in [-0.2, -0.15) is 4.37 Å². The third-order valence-electron chi connectivity index (χ3n) is 2.57. The molecule has 0 aliphatic carbocycles. The molecule has 0 atom stereocenters. The smallest absolute Gasteiger partial charge is 0.224 e. The Bertz CT molecular complexity index is 632. The van der Waals surface area contributed by atoms with Crippen molar-refractivity contribution in [1.29, 1.82) is 0 Å². The predicted molar refractivity (Wildman–Crippen MR) is 89.1 cm³/mol. The summed E-state index contributed by atoms with van der Waals surface area (Å²) >= 11 is 8.81. The van der Waals surface area contributed by atoms with Crippen molar-refractivity contribution in [3.8, 4) is 0 Å². The molecule has 0 spiro atoms. The van der Waals surface area contributed by atoms with E-state index in [4.69, 9.17) is 17.3 Å².